The van der Waals surface area contributed by atoms with Crippen LogP contribution in [0.15, 0.2) is 53.7 Å². The van der Waals surface area contributed by atoms with Crippen LogP contribution in [0.5, 0.6) is 0 Å². The molecule has 0 aliphatic carbocycles. The van der Waals surface area contributed by atoms with Crippen molar-refractivity contribution in [3.05, 3.63) is 65.6 Å². The smallest absolute Gasteiger partial charge is 0.191 e. The molecule has 2 aromatic heterocycles. The van der Waals surface area contributed by atoms with Gasteiger partial charge in [-0.3, -0.25) is 14.3 Å². The second-order valence-corrected chi connectivity index (χ2v) is 6.61. The first-order valence-electron chi connectivity index (χ1n) is 9.76. The van der Waals surface area contributed by atoms with Crippen LogP contribution < -0.4 is 10.6 Å². The number of halogens is 1. The van der Waals surface area contributed by atoms with Gasteiger partial charge in [-0.05, 0) is 36.3 Å². The molecule has 2 N–H and O–H groups in total. The zero-order valence-electron chi connectivity index (χ0n) is 17.3. The Morgan fingerprint density at radius 2 is 1.76 bits per heavy atom. The first kappa shape index (κ1) is 23.1. The number of guanidine groups is 1. The molecule has 7 nitrogen and oxygen atoms in total. The standard InChI is InChI=1S/C21H29N7.HI/c1-4-27(5-2)16-18-10-8-9-17(13-18)14-23-21(22-3)24-15-20-26-25-19-11-6-7-12-28(19)20;/h6-13H,4-5,14-16H2,1-3H3,(H2,22,23,24);1H. The lowest BCUT2D eigenvalue weighted by atomic mass is 10.1. The summed E-state index contributed by atoms with van der Waals surface area (Å²) in [5.41, 5.74) is 3.41. The molecule has 0 fully saturated rings. The fourth-order valence-corrected chi connectivity index (χ4v) is 3.12. The predicted molar refractivity (Wildman–Crippen MR) is 129 cm³/mol. The molecule has 0 spiro atoms. The van der Waals surface area contributed by atoms with E-state index in [-0.39, 0.29) is 24.0 Å². The number of rotatable bonds is 8. The number of hydrogen-bond donors (Lipinski definition) is 2. The average Bonchev–Trinajstić information content (AvgIpc) is 3.15. The van der Waals surface area contributed by atoms with Crippen molar-refractivity contribution >= 4 is 35.6 Å². The fraction of sp³-hybridized carbons (Fsp3) is 0.381. The third-order valence-electron chi connectivity index (χ3n) is 4.77. The van der Waals surface area contributed by atoms with Crippen LogP contribution in [0.1, 0.15) is 30.8 Å². The van der Waals surface area contributed by atoms with Crippen molar-refractivity contribution in [1.82, 2.24) is 30.1 Å². The van der Waals surface area contributed by atoms with E-state index in [1.807, 2.05) is 28.8 Å². The van der Waals surface area contributed by atoms with Crippen molar-refractivity contribution < 1.29 is 0 Å². The molecular formula is C21H30IN7. The molecule has 0 atom stereocenters. The van der Waals surface area contributed by atoms with Gasteiger partial charge in [0.05, 0.1) is 6.54 Å². The van der Waals surface area contributed by atoms with Gasteiger partial charge >= 0.3 is 0 Å². The van der Waals surface area contributed by atoms with E-state index in [9.17, 15) is 0 Å². The van der Waals surface area contributed by atoms with Gasteiger partial charge in [-0.15, -0.1) is 34.2 Å². The molecule has 156 valence electrons. The molecule has 0 radical (unpaired) electrons. The molecule has 3 rings (SSSR count). The summed E-state index contributed by atoms with van der Waals surface area (Å²) in [6, 6.07) is 14.6. The zero-order valence-corrected chi connectivity index (χ0v) is 19.6. The summed E-state index contributed by atoms with van der Waals surface area (Å²) >= 11 is 0. The highest BCUT2D eigenvalue weighted by Crippen LogP contribution is 2.08. The van der Waals surface area contributed by atoms with Crippen LogP contribution in [0.4, 0.5) is 0 Å². The van der Waals surface area contributed by atoms with E-state index < -0.39 is 0 Å². The van der Waals surface area contributed by atoms with Crippen LogP contribution >= 0.6 is 24.0 Å². The summed E-state index contributed by atoms with van der Waals surface area (Å²) in [6.45, 7) is 8.76. The monoisotopic (exact) mass is 507 g/mol. The number of nitrogens with zero attached hydrogens (tertiary/aromatic N) is 5. The molecule has 0 aliphatic rings. The Balaban J connectivity index is 0.00000300. The van der Waals surface area contributed by atoms with E-state index in [4.69, 9.17) is 0 Å². The highest BCUT2D eigenvalue weighted by atomic mass is 127. The Morgan fingerprint density at radius 1 is 1.00 bits per heavy atom. The van der Waals surface area contributed by atoms with Crippen LogP contribution in [0.25, 0.3) is 5.65 Å². The SMILES string of the molecule is CCN(CC)Cc1cccc(CNC(=NC)NCc2nnc3ccccn23)c1.I. The Hall–Kier alpha value is -2.20. The topological polar surface area (TPSA) is 69.8 Å². The third-order valence-corrected chi connectivity index (χ3v) is 4.77. The van der Waals surface area contributed by atoms with E-state index in [2.05, 4.69) is 68.8 Å². The highest BCUT2D eigenvalue weighted by Gasteiger charge is 2.06. The number of fused-ring (bicyclic) bond motifs is 1. The van der Waals surface area contributed by atoms with Gasteiger partial charge < -0.3 is 10.6 Å². The van der Waals surface area contributed by atoms with Crippen LogP contribution in [-0.2, 0) is 19.6 Å². The maximum atomic E-state index is 4.31. The van der Waals surface area contributed by atoms with E-state index in [1.165, 1.54) is 11.1 Å². The van der Waals surface area contributed by atoms with Crippen molar-refractivity contribution in [2.75, 3.05) is 20.1 Å². The number of aromatic nitrogens is 3. The van der Waals surface area contributed by atoms with Crippen molar-refractivity contribution in [2.45, 2.75) is 33.5 Å². The molecule has 0 unspecified atom stereocenters. The minimum atomic E-state index is 0. The maximum absolute atomic E-state index is 4.31. The second-order valence-electron chi connectivity index (χ2n) is 6.61. The van der Waals surface area contributed by atoms with Crippen LogP contribution in [0, 0.1) is 0 Å². The van der Waals surface area contributed by atoms with Crippen molar-refractivity contribution in [2.24, 2.45) is 4.99 Å². The summed E-state index contributed by atoms with van der Waals surface area (Å²) in [4.78, 5) is 6.72. The Morgan fingerprint density at radius 3 is 2.52 bits per heavy atom. The molecular weight excluding hydrogens is 477 g/mol. The summed E-state index contributed by atoms with van der Waals surface area (Å²) in [5, 5.41) is 15.1. The number of hydrogen-bond acceptors (Lipinski definition) is 4. The van der Waals surface area contributed by atoms with Crippen LogP contribution in [-0.4, -0.2) is 45.6 Å². The van der Waals surface area contributed by atoms with Crippen molar-refractivity contribution in [3.63, 3.8) is 0 Å². The summed E-state index contributed by atoms with van der Waals surface area (Å²) in [5.74, 6) is 1.58. The quantitative estimate of drug-likeness (QED) is 0.279. The molecule has 3 aromatic rings. The van der Waals surface area contributed by atoms with Gasteiger partial charge in [-0.1, -0.05) is 44.2 Å². The fourth-order valence-electron chi connectivity index (χ4n) is 3.12. The molecule has 1 aromatic carbocycles. The minimum Gasteiger partial charge on any atom is -0.352 e. The van der Waals surface area contributed by atoms with Crippen molar-refractivity contribution in [3.8, 4) is 0 Å². The lowest BCUT2D eigenvalue weighted by Gasteiger charge is -2.18. The normalized spacial score (nSPS) is 11.5. The number of aliphatic imine (C=N–C) groups is 1. The first-order valence-corrected chi connectivity index (χ1v) is 9.76. The van der Waals surface area contributed by atoms with Crippen LogP contribution in [0.2, 0.25) is 0 Å². The van der Waals surface area contributed by atoms with E-state index in [0.29, 0.717) is 13.1 Å². The molecule has 29 heavy (non-hydrogen) atoms. The zero-order chi connectivity index (χ0) is 19.8. The molecule has 0 bridgehead atoms. The lowest BCUT2D eigenvalue weighted by Crippen LogP contribution is -2.36. The Bertz CT molecular complexity index is 918. The van der Waals surface area contributed by atoms with Gasteiger partial charge in [0.15, 0.2) is 17.4 Å². The predicted octanol–water partition coefficient (Wildman–Crippen LogP) is 3.05. The highest BCUT2D eigenvalue weighted by molar-refractivity contribution is 14.0. The summed E-state index contributed by atoms with van der Waals surface area (Å²) in [7, 11) is 1.77. The van der Waals surface area contributed by atoms with Gasteiger partial charge in [0.1, 0.15) is 0 Å². The molecule has 0 saturated carbocycles. The average molecular weight is 507 g/mol. The number of pyridine rings is 1. The largest absolute Gasteiger partial charge is 0.352 e. The Kier molecular flexibility index (Phi) is 9.33. The number of benzene rings is 1. The van der Waals surface area contributed by atoms with Crippen LogP contribution in [0.3, 0.4) is 0 Å². The molecule has 0 amide bonds. The summed E-state index contributed by atoms with van der Waals surface area (Å²) < 4.78 is 1.97. The number of nitrogens with one attached hydrogen (secondary N) is 2. The molecule has 2 heterocycles. The van der Waals surface area contributed by atoms with Gasteiger partial charge in [-0.2, -0.15) is 0 Å². The maximum Gasteiger partial charge on any atom is 0.191 e. The van der Waals surface area contributed by atoms with Crippen molar-refractivity contribution in [1.29, 1.82) is 0 Å². The van der Waals surface area contributed by atoms with E-state index in [0.717, 1.165) is 37.1 Å². The van der Waals surface area contributed by atoms with E-state index >= 15 is 0 Å². The van der Waals surface area contributed by atoms with Gasteiger partial charge in [-0.25, -0.2) is 0 Å². The van der Waals surface area contributed by atoms with E-state index in [1.54, 1.807) is 7.05 Å². The molecule has 8 heteroatoms. The minimum absolute atomic E-state index is 0. The Labute approximate surface area is 189 Å². The second kappa shape index (κ2) is 11.7. The van der Waals surface area contributed by atoms with Gasteiger partial charge in [0.2, 0.25) is 0 Å². The molecule has 0 saturated heterocycles. The first-order chi connectivity index (χ1) is 13.7. The third kappa shape index (κ3) is 6.40. The summed E-state index contributed by atoms with van der Waals surface area (Å²) in [6.07, 6.45) is 1.96. The van der Waals surface area contributed by atoms with Gasteiger partial charge in [0, 0.05) is 26.3 Å². The van der Waals surface area contributed by atoms with Gasteiger partial charge in [0.25, 0.3) is 0 Å². The lowest BCUT2D eigenvalue weighted by molar-refractivity contribution is 0.296. The molecule has 0 aliphatic heterocycles.